The van der Waals surface area contributed by atoms with Crippen LogP contribution >= 0.6 is 11.6 Å². The van der Waals surface area contributed by atoms with Gasteiger partial charge < -0.3 is 28.8 Å². The van der Waals surface area contributed by atoms with E-state index in [0.717, 1.165) is 17.1 Å². The van der Waals surface area contributed by atoms with Crippen molar-refractivity contribution < 1.29 is 28.5 Å². The Bertz CT molecular complexity index is 1170. The average Bonchev–Trinajstić information content (AvgIpc) is 3.12. The van der Waals surface area contributed by atoms with Crippen LogP contribution in [0.15, 0.2) is 42.5 Å². The van der Waals surface area contributed by atoms with E-state index < -0.39 is 18.5 Å². The number of aryl methyl sites for hydroxylation is 1. The molecule has 0 bridgehead atoms. The van der Waals surface area contributed by atoms with Crippen LogP contribution in [-0.2, 0) is 9.53 Å². The number of carbonyl (C=O) groups excluding carboxylic acids is 2. The van der Waals surface area contributed by atoms with Crippen molar-refractivity contribution in [1.29, 1.82) is 0 Å². The van der Waals surface area contributed by atoms with Crippen molar-refractivity contribution in [3.63, 3.8) is 0 Å². The monoisotopic (exact) mass is 472 g/mol. The number of halogens is 1. The van der Waals surface area contributed by atoms with Crippen LogP contribution in [0.5, 0.6) is 17.2 Å². The molecule has 0 atom stereocenters. The minimum Gasteiger partial charge on any atom is -0.497 e. The van der Waals surface area contributed by atoms with Crippen molar-refractivity contribution in [2.75, 3.05) is 33.3 Å². The van der Waals surface area contributed by atoms with Gasteiger partial charge in [-0.15, -0.1) is 0 Å². The third kappa shape index (κ3) is 5.23. The van der Waals surface area contributed by atoms with Gasteiger partial charge in [-0.2, -0.15) is 0 Å². The fourth-order valence-electron chi connectivity index (χ4n) is 3.45. The molecule has 33 heavy (non-hydrogen) atoms. The van der Waals surface area contributed by atoms with Crippen molar-refractivity contribution in [3.05, 3.63) is 64.4 Å². The second-order valence-electron chi connectivity index (χ2n) is 7.13. The number of benzene rings is 2. The molecule has 1 N–H and O–H groups in total. The molecule has 1 amide bonds. The molecule has 3 aromatic rings. The SMILES string of the molecule is COc1ccc(-n2c(C)cc(C(=O)OCC(=O)Nc3cc(OC)c(Cl)cc3OC)c2C)cc1. The molecule has 0 aliphatic carbocycles. The summed E-state index contributed by atoms with van der Waals surface area (Å²) in [5.41, 5.74) is 3.16. The van der Waals surface area contributed by atoms with Crippen molar-refractivity contribution in [1.82, 2.24) is 4.57 Å². The fraction of sp³-hybridized carbons (Fsp3) is 0.250. The number of aromatic nitrogens is 1. The zero-order valence-electron chi connectivity index (χ0n) is 19.0. The van der Waals surface area contributed by atoms with Gasteiger partial charge in [0.1, 0.15) is 17.2 Å². The average molecular weight is 473 g/mol. The minimum atomic E-state index is -0.598. The summed E-state index contributed by atoms with van der Waals surface area (Å²) in [6.07, 6.45) is 0. The Morgan fingerprint density at radius 3 is 2.21 bits per heavy atom. The van der Waals surface area contributed by atoms with Crippen molar-refractivity contribution >= 4 is 29.2 Å². The van der Waals surface area contributed by atoms with Crippen LogP contribution < -0.4 is 19.5 Å². The summed E-state index contributed by atoms with van der Waals surface area (Å²) in [5, 5.41) is 2.98. The molecular formula is C24H25ClN2O6. The topological polar surface area (TPSA) is 88.0 Å². The van der Waals surface area contributed by atoms with E-state index in [9.17, 15) is 9.59 Å². The molecule has 3 rings (SSSR count). The first-order valence-electron chi connectivity index (χ1n) is 10.0. The zero-order valence-corrected chi connectivity index (χ0v) is 19.8. The Labute approximate surface area is 197 Å². The number of nitrogens with one attached hydrogen (secondary N) is 1. The van der Waals surface area contributed by atoms with Crippen molar-refractivity contribution in [3.8, 4) is 22.9 Å². The predicted octanol–water partition coefficient (Wildman–Crippen LogP) is 4.57. The van der Waals surface area contributed by atoms with Gasteiger partial charge in [-0.25, -0.2) is 4.79 Å². The van der Waals surface area contributed by atoms with Gasteiger partial charge in [0.25, 0.3) is 5.91 Å². The summed E-state index contributed by atoms with van der Waals surface area (Å²) < 4.78 is 22.8. The van der Waals surface area contributed by atoms with E-state index in [-0.39, 0.29) is 0 Å². The highest BCUT2D eigenvalue weighted by molar-refractivity contribution is 6.32. The summed E-state index contributed by atoms with van der Waals surface area (Å²) in [4.78, 5) is 25.1. The third-order valence-corrected chi connectivity index (χ3v) is 5.36. The van der Waals surface area contributed by atoms with E-state index in [2.05, 4.69) is 5.32 Å². The molecular weight excluding hydrogens is 448 g/mol. The molecule has 2 aromatic carbocycles. The largest absolute Gasteiger partial charge is 0.497 e. The molecule has 9 heteroatoms. The number of ether oxygens (including phenoxy) is 4. The van der Waals surface area contributed by atoms with Gasteiger partial charge >= 0.3 is 5.97 Å². The molecule has 0 spiro atoms. The van der Waals surface area contributed by atoms with Crippen LogP contribution in [0, 0.1) is 13.8 Å². The van der Waals surface area contributed by atoms with E-state index in [1.807, 2.05) is 42.7 Å². The maximum absolute atomic E-state index is 12.7. The van der Waals surface area contributed by atoms with Crippen LogP contribution in [0.25, 0.3) is 5.69 Å². The van der Waals surface area contributed by atoms with E-state index in [0.29, 0.717) is 33.5 Å². The molecule has 1 heterocycles. The maximum Gasteiger partial charge on any atom is 0.340 e. The molecule has 0 aliphatic rings. The summed E-state index contributed by atoms with van der Waals surface area (Å²) in [6.45, 7) is 3.23. The summed E-state index contributed by atoms with van der Waals surface area (Å²) in [6, 6.07) is 12.3. The Balaban J connectivity index is 1.71. The number of nitrogens with zero attached hydrogens (tertiary/aromatic N) is 1. The number of methoxy groups -OCH3 is 3. The Morgan fingerprint density at radius 1 is 0.939 bits per heavy atom. The molecule has 8 nitrogen and oxygen atoms in total. The number of carbonyl (C=O) groups is 2. The quantitative estimate of drug-likeness (QED) is 0.483. The van der Waals surface area contributed by atoms with Gasteiger partial charge in [0.15, 0.2) is 6.61 Å². The van der Waals surface area contributed by atoms with Crippen molar-refractivity contribution in [2.24, 2.45) is 0 Å². The summed E-state index contributed by atoms with van der Waals surface area (Å²) in [5.74, 6) is 0.328. The lowest BCUT2D eigenvalue weighted by Gasteiger charge is -2.13. The molecule has 0 unspecified atom stereocenters. The highest BCUT2D eigenvalue weighted by Gasteiger charge is 2.20. The predicted molar refractivity (Wildman–Crippen MR) is 125 cm³/mol. The van der Waals surface area contributed by atoms with Crippen LogP contribution in [0.1, 0.15) is 21.7 Å². The van der Waals surface area contributed by atoms with Crippen LogP contribution in [0.4, 0.5) is 5.69 Å². The number of hydrogen-bond acceptors (Lipinski definition) is 6. The van der Waals surface area contributed by atoms with Gasteiger partial charge in [0.05, 0.1) is 37.6 Å². The van der Waals surface area contributed by atoms with Crippen LogP contribution in [0.3, 0.4) is 0 Å². The van der Waals surface area contributed by atoms with Crippen LogP contribution in [0.2, 0.25) is 5.02 Å². The molecule has 0 radical (unpaired) electrons. The lowest BCUT2D eigenvalue weighted by atomic mass is 10.2. The third-order valence-electron chi connectivity index (χ3n) is 5.06. The zero-order chi connectivity index (χ0) is 24.1. The summed E-state index contributed by atoms with van der Waals surface area (Å²) in [7, 11) is 4.51. The highest BCUT2D eigenvalue weighted by atomic mass is 35.5. The number of esters is 1. The Kier molecular flexibility index (Phi) is 7.50. The van der Waals surface area contributed by atoms with E-state index in [1.165, 1.54) is 26.4 Å². The van der Waals surface area contributed by atoms with Gasteiger partial charge in [0.2, 0.25) is 0 Å². The van der Waals surface area contributed by atoms with Gasteiger partial charge in [-0.1, -0.05) is 11.6 Å². The second-order valence-corrected chi connectivity index (χ2v) is 7.54. The molecule has 0 fully saturated rings. The fourth-order valence-corrected chi connectivity index (χ4v) is 3.68. The first-order chi connectivity index (χ1) is 15.8. The lowest BCUT2D eigenvalue weighted by Crippen LogP contribution is -2.21. The lowest BCUT2D eigenvalue weighted by molar-refractivity contribution is -0.119. The minimum absolute atomic E-state index is 0.339. The normalized spacial score (nSPS) is 10.5. The standard InChI is InChI=1S/C24H25ClN2O6/c1-14-10-18(15(2)27(14)16-6-8-17(30-3)9-7-16)24(29)33-13-23(28)26-20-12-21(31-4)19(25)11-22(20)32-5/h6-12H,13H2,1-5H3,(H,26,28). The first kappa shape index (κ1) is 24.0. The Morgan fingerprint density at radius 2 is 1.61 bits per heavy atom. The molecule has 0 saturated heterocycles. The van der Waals surface area contributed by atoms with Gasteiger partial charge in [-0.05, 0) is 44.2 Å². The number of hydrogen-bond donors (Lipinski definition) is 1. The maximum atomic E-state index is 12.7. The molecule has 1 aromatic heterocycles. The number of anilines is 1. The molecule has 174 valence electrons. The molecule has 0 saturated carbocycles. The van der Waals surface area contributed by atoms with E-state index in [1.54, 1.807) is 13.2 Å². The molecule has 0 aliphatic heterocycles. The number of rotatable bonds is 8. The highest BCUT2D eigenvalue weighted by Crippen LogP contribution is 2.35. The number of amides is 1. The Hall–Kier alpha value is -3.65. The van der Waals surface area contributed by atoms with E-state index >= 15 is 0 Å². The smallest absolute Gasteiger partial charge is 0.340 e. The van der Waals surface area contributed by atoms with Gasteiger partial charge in [-0.3, -0.25) is 4.79 Å². The van der Waals surface area contributed by atoms with Crippen molar-refractivity contribution in [2.45, 2.75) is 13.8 Å². The second kappa shape index (κ2) is 10.3. The van der Waals surface area contributed by atoms with Crippen LogP contribution in [-0.4, -0.2) is 44.4 Å². The van der Waals surface area contributed by atoms with Gasteiger partial charge in [0, 0.05) is 29.2 Å². The summed E-state index contributed by atoms with van der Waals surface area (Å²) >= 11 is 6.08. The first-order valence-corrected chi connectivity index (χ1v) is 10.4. The van der Waals surface area contributed by atoms with E-state index in [4.69, 9.17) is 30.5 Å².